The highest BCUT2D eigenvalue weighted by atomic mass is 16.3. The van der Waals surface area contributed by atoms with Gasteiger partial charge in [0.15, 0.2) is 0 Å². The van der Waals surface area contributed by atoms with Crippen LogP contribution in [0.3, 0.4) is 0 Å². The highest BCUT2D eigenvalue weighted by Crippen LogP contribution is 2.54. The number of nitrogens with zero attached hydrogens (tertiary/aromatic N) is 2. The van der Waals surface area contributed by atoms with Gasteiger partial charge in [0.05, 0.1) is 17.3 Å². The van der Waals surface area contributed by atoms with E-state index in [0.29, 0.717) is 5.92 Å². The highest BCUT2D eigenvalue weighted by Gasteiger charge is 2.54. The molecule has 2 atom stereocenters. The molecule has 2 aromatic rings. The molecule has 0 amide bonds. The minimum Gasteiger partial charge on any atom is -0.385 e. The Hall–Kier alpha value is -1.35. The van der Waals surface area contributed by atoms with Crippen LogP contribution in [0.15, 0.2) is 30.6 Å². The van der Waals surface area contributed by atoms with E-state index in [1.807, 2.05) is 28.9 Å². The summed E-state index contributed by atoms with van der Waals surface area (Å²) in [5, 5.41) is 14.6. The third kappa shape index (κ3) is 1.13. The van der Waals surface area contributed by atoms with Gasteiger partial charge in [-0.2, -0.15) is 5.10 Å². The SMILES string of the molecule is CCC1CC1(O)c1cnn2ccccc12. The molecule has 0 radical (unpaired) electrons. The number of aliphatic hydroxyl groups is 1. The Morgan fingerprint density at radius 1 is 1.60 bits per heavy atom. The fraction of sp³-hybridized carbons (Fsp3) is 0.417. The fourth-order valence-corrected chi connectivity index (χ4v) is 2.40. The second-order valence-electron chi connectivity index (χ2n) is 4.32. The van der Waals surface area contributed by atoms with Crippen molar-refractivity contribution in [1.29, 1.82) is 0 Å². The molecule has 0 aromatic carbocycles. The monoisotopic (exact) mass is 202 g/mol. The van der Waals surface area contributed by atoms with Gasteiger partial charge in [-0.05, 0) is 24.5 Å². The van der Waals surface area contributed by atoms with Crippen molar-refractivity contribution in [2.75, 3.05) is 0 Å². The normalized spacial score (nSPS) is 29.6. The van der Waals surface area contributed by atoms with E-state index < -0.39 is 5.60 Å². The summed E-state index contributed by atoms with van der Waals surface area (Å²) in [6.45, 7) is 2.12. The second kappa shape index (κ2) is 2.83. The van der Waals surface area contributed by atoms with Gasteiger partial charge in [0.25, 0.3) is 0 Å². The zero-order valence-corrected chi connectivity index (χ0v) is 8.72. The molecule has 0 bridgehead atoms. The largest absolute Gasteiger partial charge is 0.385 e. The Morgan fingerprint density at radius 3 is 3.20 bits per heavy atom. The number of hydrogen-bond acceptors (Lipinski definition) is 2. The topological polar surface area (TPSA) is 37.5 Å². The van der Waals surface area contributed by atoms with E-state index in [2.05, 4.69) is 12.0 Å². The van der Waals surface area contributed by atoms with Crippen LogP contribution in [-0.2, 0) is 5.60 Å². The van der Waals surface area contributed by atoms with E-state index >= 15 is 0 Å². The first-order valence-electron chi connectivity index (χ1n) is 5.41. The van der Waals surface area contributed by atoms with Crippen LogP contribution in [0.25, 0.3) is 5.52 Å². The molecule has 0 saturated heterocycles. The molecule has 1 fully saturated rings. The van der Waals surface area contributed by atoms with Crippen LogP contribution in [0.1, 0.15) is 25.3 Å². The van der Waals surface area contributed by atoms with Crippen molar-refractivity contribution in [1.82, 2.24) is 9.61 Å². The molecule has 2 unspecified atom stereocenters. The maximum atomic E-state index is 10.4. The standard InChI is InChI=1S/C12H14N2O/c1-2-9-7-12(9,15)10-8-13-14-6-4-3-5-11(10)14/h3-6,8-9,15H,2,7H2,1H3. The molecular weight excluding hydrogens is 188 g/mol. The van der Waals surface area contributed by atoms with Crippen LogP contribution in [0, 0.1) is 5.92 Å². The van der Waals surface area contributed by atoms with Gasteiger partial charge >= 0.3 is 0 Å². The summed E-state index contributed by atoms with van der Waals surface area (Å²) in [6, 6.07) is 5.93. The third-order valence-electron chi connectivity index (χ3n) is 3.46. The lowest BCUT2D eigenvalue weighted by Crippen LogP contribution is -2.07. The molecule has 3 rings (SSSR count). The molecule has 3 nitrogen and oxygen atoms in total. The number of hydrogen-bond donors (Lipinski definition) is 1. The molecule has 15 heavy (non-hydrogen) atoms. The molecule has 78 valence electrons. The van der Waals surface area contributed by atoms with Gasteiger partial charge in [-0.1, -0.05) is 19.4 Å². The van der Waals surface area contributed by atoms with E-state index in [9.17, 15) is 5.11 Å². The van der Waals surface area contributed by atoms with Gasteiger partial charge in [-0.15, -0.1) is 0 Å². The predicted octanol–water partition coefficient (Wildman–Crippen LogP) is 1.95. The predicted molar refractivity (Wildman–Crippen MR) is 57.5 cm³/mol. The van der Waals surface area contributed by atoms with E-state index in [1.54, 1.807) is 6.20 Å². The molecule has 1 saturated carbocycles. The average molecular weight is 202 g/mol. The first-order valence-corrected chi connectivity index (χ1v) is 5.41. The lowest BCUT2D eigenvalue weighted by Gasteiger charge is -2.07. The average Bonchev–Trinajstić information content (AvgIpc) is 2.76. The van der Waals surface area contributed by atoms with E-state index in [0.717, 1.165) is 23.9 Å². The molecule has 1 aliphatic rings. The molecule has 0 aliphatic heterocycles. The van der Waals surface area contributed by atoms with Gasteiger partial charge in [0.2, 0.25) is 0 Å². The van der Waals surface area contributed by atoms with Crippen LogP contribution < -0.4 is 0 Å². The number of rotatable bonds is 2. The zero-order chi connectivity index (χ0) is 10.5. The Labute approximate surface area is 88.4 Å². The number of fused-ring (bicyclic) bond motifs is 1. The van der Waals surface area contributed by atoms with Crippen molar-refractivity contribution >= 4 is 5.52 Å². The molecule has 1 N–H and O–H groups in total. The van der Waals surface area contributed by atoms with Crippen molar-refractivity contribution in [3.63, 3.8) is 0 Å². The Kier molecular flexibility index (Phi) is 1.68. The van der Waals surface area contributed by atoms with E-state index in [4.69, 9.17) is 0 Å². The van der Waals surface area contributed by atoms with Crippen LogP contribution in [0.2, 0.25) is 0 Å². The molecule has 1 aliphatic carbocycles. The van der Waals surface area contributed by atoms with E-state index in [-0.39, 0.29) is 0 Å². The molecular formula is C12H14N2O. The van der Waals surface area contributed by atoms with Crippen molar-refractivity contribution in [3.05, 3.63) is 36.2 Å². The lowest BCUT2D eigenvalue weighted by atomic mass is 10.1. The molecule has 2 heterocycles. The number of aromatic nitrogens is 2. The Balaban J connectivity index is 2.13. The maximum Gasteiger partial charge on any atom is 0.0966 e. The van der Waals surface area contributed by atoms with Gasteiger partial charge in [-0.25, -0.2) is 4.52 Å². The first-order chi connectivity index (χ1) is 7.25. The summed E-state index contributed by atoms with van der Waals surface area (Å²) in [6.07, 6.45) is 5.61. The summed E-state index contributed by atoms with van der Waals surface area (Å²) >= 11 is 0. The summed E-state index contributed by atoms with van der Waals surface area (Å²) in [7, 11) is 0. The van der Waals surface area contributed by atoms with Crippen LogP contribution in [-0.4, -0.2) is 14.7 Å². The van der Waals surface area contributed by atoms with Crippen LogP contribution in [0.4, 0.5) is 0 Å². The van der Waals surface area contributed by atoms with Crippen molar-refractivity contribution in [3.8, 4) is 0 Å². The minimum atomic E-state index is -0.613. The summed E-state index contributed by atoms with van der Waals surface area (Å²) in [5.74, 6) is 0.408. The smallest absolute Gasteiger partial charge is 0.0966 e. The quantitative estimate of drug-likeness (QED) is 0.808. The Morgan fingerprint density at radius 2 is 2.47 bits per heavy atom. The Bertz CT molecular complexity index is 505. The van der Waals surface area contributed by atoms with Crippen molar-refractivity contribution in [2.24, 2.45) is 5.92 Å². The van der Waals surface area contributed by atoms with Crippen molar-refractivity contribution < 1.29 is 5.11 Å². The summed E-state index contributed by atoms with van der Waals surface area (Å²) in [5.41, 5.74) is 1.39. The lowest BCUT2D eigenvalue weighted by molar-refractivity contribution is 0.132. The summed E-state index contributed by atoms with van der Waals surface area (Å²) in [4.78, 5) is 0. The van der Waals surface area contributed by atoms with Gasteiger partial charge < -0.3 is 5.11 Å². The van der Waals surface area contributed by atoms with Crippen LogP contribution >= 0.6 is 0 Å². The highest BCUT2D eigenvalue weighted by molar-refractivity contribution is 5.58. The fourth-order valence-electron chi connectivity index (χ4n) is 2.40. The third-order valence-corrected chi connectivity index (χ3v) is 3.46. The molecule has 2 aromatic heterocycles. The molecule has 3 heteroatoms. The second-order valence-corrected chi connectivity index (χ2v) is 4.32. The van der Waals surface area contributed by atoms with E-state index in [1.165, 1.54) is 0 Å². The molecule has 0 spiro atoms. The van der Waals surface area contributed by atoms with Gasteiger partial charge in [-0.3, -0.25) is 0 Å². The minimum absolute atomic E-state index is 0.408. The van der Waals surface area contributed by atoms with Crippen LogP contribution in [0.5, 0.6) is 0 Å². The van der Waals surface area contributed by atoms with Crippen molar-refractivity contribution in [2.45, 2.75) is 25.4 Å². The number of pyridine rings is 1. The zero-order valence-electron chi connectivity index (χ0n) is 8.72. The first kappa shape index (κ1) is 8.92. The van der Waals surface area contributed by atoms with Gasteiger partial charge in [0, 0.05) is 11.8 Å². The maximum absolute atomic E-state index is 10.4. The van der Waals surface area contributed by atoms with Gasteiger partial charge in [0.1, 0.15) is 0 Å². The summed E-state index contributed by atoms with van der Waals surface area (Å²) < 4.78 is 1.82.